The minimum atomic E-state index is -3.75. The van der Waals surface area contributed by atoms with Crippen LogP contribution in [0.3, 0.4) is 0 Å². The van der Waals surface area contributed by atoms with E-state index in [0.29, 0.717) is 6.42 Å². The van der Waals surface area contributed by atoms with Gasteiger partial charge in [-0.15, -0.1) is 0 Å². The Kier molecular flexibility index (Phi) is 4.62. The molecule has 0 bridgehead atoms. The molecule has 0 spiro atoms. The Morgan fingerprint density at radius 2 is 2.25 bits per heavy atom. The Labute approximate surface area is 118 Å². The molecule has 2 rings (SSSR count). The summed E-state index contributed by atoms with van der Waals surface area (Å²) in [5.74, 6) is -0.621. The molecule has 7 heteroatoms. The van der Waals surface area contributed by atoms with Crippen LogP contribution in [-0.4, -0.2) is 27.7 Å². The van der Waals surface area contributed by atoms with Crippen LogP contribution in [0.1, 0.15) is 24.8 Å². The molecule has 0 aromatic heterocycles. The second-order valence-corrected chi connectivity index (χ2v) is 6.68. The van der Waals surface area contributed by atoms with Crippen molar-refractivity contribution in [3.05, 3.63) is 23.5 Å². The average Bonchev–Trinajstić information content (AvgIpc) is 2.86. The molecule has 0 amide bonds. The first kappa shape index (κ1) is 15.2. The van der Waals surface area contributed by atoms with E-state index in [2.05, 4.69) is 4.72 Å². The van der Waals surface area contributed by atoms with Gasteiger partial charge in [0, 0.05) is 24.4 Å². The smallest absolute Gasteiger partial charge is 0.241 e. The predicted octanol–water partition coefficient (Wildman–Crippen LogP) is 1.56. The van der Waals surface area contributed by atoms with Crippen molar-refractivity contribution >= 4 is 15.7 Å². The van der Waals surface area contributed by atoms with Gasteiger partial charge in [0.15, 0.2) is 0 Å². The van der Waals surface area contributed by atoms with Gasteiger partial charge < -0.3 is 10.5 Å². The van der Waals surface area contributed by atoms with E-state index in [9.17, 15) is 12.8 Å². The number of rotatable bonds is 5. The standard InChI is InChI=1S/C13H19FN2O3S/c1-9-12(14)7-10(15)8-13(9)20(17,18)16-5-4-11-3-2-6-19-11/h7-8,11,16H,2-6,15H2,1H3. The third kappa shape index (κ3) is 3.47. The van der Waals surface area contributed by atoms with Crippen LogP contribution in [0.4, 0.5) is 10.1 Å². The second kappa shape index (κ2) is 6.07. The normalized spacial score (nSPS) is 19.4. The highest BCUT2D eigenvalue weighted by molar-refractivity contribution is 7.89. The molecule has 1 aromatic rings. The Morgan fingerprint density at radius 3 is 2.90 bits per heavy atom. The van der Waals surface area contributed by atoms with Crippen LogP contribution < -0.4 is 10.5 Å². The molecule has 1 aliphatic heterocycles. The van der Waals surface area contributed by atoms with Gasteiger partial charge in [-0.1, -0.05) is 0 Å². The van der Waals surface area contributed by atoms with Crippen molar-refractivity contribution in [2.75, 3.05) is 18.9 Å². The van der Waals surface area contributed by atoms with Crippen LogP contribution in [0, 0.1) is 12.7 Å². The molecule has 20 heavy (non-hydrogen) atoms. The van der Waals surface area contributed by atoms with Crippen molar-refractivity contribution in [1.82, 2.24) is 4.72 Å². The minimum absolute atomic E-state index is 0.0730. The first-order valence-electron chi connectivity index (χ1n) is 6.57. The summed E-state index contributed by atoms with van der Waals surface area (Å²) in [6, 6.07) is 2.38. The summed E-state index contributed by atoms with van der Waals surface area (Å²) in [7, 11) is -3.75. The predicted molar refractivity (Wildman–Crippen MR) is 74.3 cm³/mol. The summed E-state index contributed by atoms with van der Waals surface area (Å²) in [6.07, 6.45) is 2.68. The molecule has 112 valence electrons. The van der Waals surface area contributed by atoms with Gasteiger partial charge in [-0.05, 0) is 38.3 Å². The number of nitrogen functional groups attached to an aromatic ring is 1. The van der Waals surface area contributed by atoms with E-state index >= 15 is 0 Å². The van der Waals surface area contributed by atoms with Crippen LogP contribution in [0.2, 0.25) is 0 Å². The highest BCUT2D eigenvalue weighted by Gasteiger charge is 2.21. The number of sulfonamides is 1. The molecule has 0 radical (unpaired) electrons. The lowest BCUT2D eigenvalue weighted by atomic mass is 10.2. The number of anilines is 1. The third-order valence-corrected chi connectivity index (χ3v) is 4.98. The summed E-state index contributed by atoms with van der Waals surface area (Å²) in [5, 5.41) is 0. The fourth-order valence-corrected chi connectivity index (χ4v) is 3.59. The van der Waals surface area contributed by atoms with E-state index in [1.54, 1.807) is 0 Å². The lowest BCUT2D eigenvalue weighted by Crippen LogP contribution is -2.28. The van der Waals surface area contributed by atoms with E-state index in [1.807, 2.05) is 0 Å². The SMILES string of the molecule is Cc1c(F)cc(N)cc1S(=O)(=O)NCCC1CCCO1. The van der Waals surface area contributed by atoms with Crippen molar-refractivity contribution < 1.29 is 17.5 Å². The first-order valence-corrected chi connectivity index (χ1v) is 8.05. The maximum absolute atomic E-state index is 13.5. The molecule has 1 saturated heterocycles. The van der Waals surface area contributed by atoms with E-state index in [4.69, 9.17) is 10.5 Å². The zero-order valence-electron chi connectivity index (χ0n) is 11.4. The zero-order chi connectivity index (χ0) is 14.8. The molecule has 1 heterocycles. The molecular formula is C13H19FN2O3S. The Morgan fingerprint density at radius 1 is 1.50 bits per heavy atom. The summed E-state index contributed by atoms with van der Waals surface area (Å²) >= 11 is 0. The molecule has 5 nitrogen and oxygen atoms in total. The van der Waals surface area contributed by atoms with E-state index in [-0.39, 0.29) is 28.8 Å². The van der Waals surface area contributed by atoms with Crippen molar-refractivity contribution in [2.24, 2.45) is 0 Å². The quantitative estimate of drug-likeness (QED) is 0.809. The van der Waals surface area contributed by atoms with Gasteiger partial charge in [-0.2, -0.15) is 0 Å². The number of benzene rings is 1. The molecule has 1 aromatic carbocycles. The molecule has 0 saturated carbocycles. The van der Waals surface area contributed by atoms with Crippen LogP contribution in [-0.2, 0) is 14.8 Å². The average molecular weight is 302 g/mol. The summed E-state index contributed by atoms with van der Waals surface area (Å²) in [6.45, 7) is 2.42. The summed E-state index contributed by atoms with van der Waals surface area (Å²) < 4.78 is 45.7. The van der Waals surface area contributed by atoms with E-state index < -0.39 is 15.8 Å². The molecule has 1 atom stereocenters. The highest BCUT2D eigenvalue weighted by atomic mass is 32.2. The molecule has 1 aliphatic rings. The van der Waals surface area contributed by atoms with Crippen LogP contribution in [0.15, 0.2) is 17.0 Å². The number of nitrogens with one attached hydrogen (secondary N) is 1. The molecular weight excluding hydrogens is 283 g/mol. The fourth-order valence-electron chi connectivity index (χ4n) is 2.26. The van der Waals surface area contributed by atoms with Crippen LogP contribution in [0.5, 0.6) is 0 Å². The van der Waals surface area contributed by atoms with Crippen LogP contribution in [0.25, 0.3) is 0 Å². The number of ether oxygens (including phenoxy) is 1. The first-order chi connectivity index (χ1) is 9.40. The van der Waals surface area contributed by atoms with Crippen LogP contribution >= 0.6 is 0 Å². The number of hydrogen-bond donors (Lipinski definition) is 2. The maximum Gasteiger partial charge on any atom is 0.241 e. The number of halogens is 1. The highest BCUT2D eigenvalue weighted by Crippen LogP contribution is 2.22. The summed E-state index contributed by atoms with van der Waals surface area (Å²) in [4.78, 5) is -0.109. The van der Waals surface area contributed by atoms with Gasteiger partial charge in [0.1, 0.15) is 5.82 Å². The lowest BCUT2D eigenvalue weighted by molar-refractivity contribution is 0.105. The minimum Gasteiger partial charge on any atom is -0.399 e. The van der Waals surface area contributed by atoms with Crippen molar-refractivity contribution in [2.45, 2.75) is 37.2 Å². The third-order valence-electron chi connectivity index (χ3n) is 3.39. The largest absolute Gasteiger partial charge is 0.399 e. The Hall–Kier alpha value is -1.18. The van der Waals surface area contributed by atoms with Crippen molar-refractivity contribution in [3.8, 4) is 0 Å². The second-order valence-electron chi connectivity index (χ2n) is 4.95. The molecule has 3 N–H and O–H groups in total. The lowest BCUT2D eigenvalue weighted by Gasteiger charge is -2.13. The van der Waals surface area contributed by atoms with E-state index in [1.165, 1.54) is 13.0 Å². The van der Waals surface area contributed by atoms with E-state index in [0.717, 1.165) is 25.5 Å². The molecule has 1 unspecified atom stereocenters. The van der Waals surface area contributed by atoms with Gasteiger partial charge in [0.2, 0.25) is 10.0 Å². The van der Waals surface area contributed by atoms with Gasteiger partial charge in [0.25, 0.3) is 0 Å². The maximum atomic E-state index is 13.5. The van der Waals surface area contributed by atoms with Crippen molar-refractivity contribution in [1.29, 1.82) is 0 Å². The number of nitrogens with two attached hydrogens (primary N) is 1. The topological polar surface area (TPSA) is 81.4 Å². The van der Waals surface area contributed by atoms with Gasteiger partial charge in [-0.25, -0.2) is 17.5 Å². The fraction of sp³-hybridized carbons (Fsp3) is 0.538. The van der Waals surface area contributed by atoms with Gasteiger partial charge in [0.05, 0.1) is 11.0 Å². The van der Waals surface area contributed by atoms with Crippen molar-refractivity contribution in [3.63, 3.8) is 0 Å². The molecule has 1 fully saturated rings. The molecule has 0 aliphatic carbocycles. The summed E-state index contributed by atoms with van der Waals surface area (Å²) in [5.41, 5.74) is 5.66. The Bertz CT molecular complexity index is 584. The Balaban J connectivity index is 2.06. The van der Waals surface area contributed by atoms with Gasteiger partial charge in [-0.3, -0.25) is 0 Å². The monoisotopic (exact) mass is 302 g/mol. The number of hydrogen-bond acceptors (Lipinski definition) is 4. The zero-order valence-corrected chi connectivity index (χ0v) is 12.2. The van der Waals surface area contributed by atoms with Gasteiger partial charge >= 0.3 is 0 Å².